The third-order valence-corrected chi connectivity index (χ3v) is 6.69. The summed E-state index contributed by atoms with van der Waals surface area (Å²) in [4.78, 5) is 16.9. The summed E-state index contributed by atoms with van der Waals surface area (Å²) < 4.78 is 54.4. The van der Waals surface area contributed by atoms with Crippen molar-refractivity contribution in [1.29, 1.82) is 0 Å². The van der Waals surface area contributed by atoms with Crippen LogP contribution in [0, 0.1) is 5.82 Å². The number of sulfonamides is 1. The summed E-state index contributed by atoms with van der Waals surface area (Å²) in [5, 5.41) is 3.98. The minimum absolute atomic E-state index is 0.0315. The first-order valence-corrected chi connectivity index (χ1v) is 11.7. The molecule has 5 rings (SSSR count). The average Bonchev–Trinajstić information content (AvgIpc) is 3.36. The summed E-state index contributed by atoms with van der Waals surface area (Å²) in [5.74, 6) is -0.290. The van der Waals surface area contributed by atoms with E-state index in [1.165, 1.54) is 72.7 Å². The number of nitrogens with one attached hydrogen (secondary N) is 1. The molecule has 176 valence electrons. The summed E-state index contributed by atoms with van der Waals surface area (Å²) in [6.45, 7) is 0. The number of anilines is 1. The second-order valence-corrected chi connectivity index (χ2v) is 9.15. The summed E-state index contributed by atoms with van der Waals surface area (Å²) in [6, 6.07) is 14.5. The van der Waals surface area contributed by atoms with Crippen molar-refractivity contribution in [3.05, 3.63) is 95.5 Å². The Morgan fingerprint density at radius 2 is 1.94 bits per heavy atom. The third-order valence-electron chi connectivity index (χ3n) is 5.33. The van der Waals surface area contributed by atoms with Gasteiger partial charge in [-0.2, -0.15) is 0 Å². The van der Waals surface area contributed by atoms with Crippen molar-refractivity contribution in [2.24, 2.45) is 0 Å². The third kappa shape index (κ3) is 4.13. The second-order valence-electron chi connectivity index (χ2n) is 7.46. The minimum atomic E-state index is -3.97. The maximum atomic E-state index is 15.2. The largest absolute Gasteiger partial charge is 0.495 e. The van der Waals surface area contributed by atoms with Crippen LogP contribution in [0.15, 0.2) is 93.5 Å². The molecule has 5 aromatic rings. The average molecular weight is 492 g/mol. The first-order chi connectivity index (χ1) is 16.9. The van der Waals surface area contributed by atoms with Gasteiger partial charge in [-0.25, -0.2) is 12.8 Å². The van der Waals surface area contributed by atoms with Crippen LogP contribution < -0.4 is 15.0 Å². The van der Waals surface area contributed by atoms with Gasteiger partial charge in [0.15, 0.2) is 5.82 Å². The molecule has 0 unspecified atom stereocenters. The van der Waals surface area contributed by atoms with Crippen LogP contribution in [0.1, 0.15) is 0 Å². The number of pyridine rings is 2. The number of halogens is 1. The highest BCUT2D eigenvalue weighted by Gasteiger charge is 2.19. The molecule has 0 radical (unpaired) electrons. The number of hydrogen-bond donors (Lipinski definition) is 1. The summed E-state index contributed by atoms with van der Waals surface area (Å²) >= 11 is 0. The Labute approximate surface area is 198 Å². The molecule has 11 heteroatoms. The lowest BCUT2D eigenvalue weighted by Gasteiger charge is -2.16. The first-order valence-electron chi connectivity index (χ1n) is 10.2. The zero-order valence-electron chi connectivity index (χ0n) is 18.2. The number of nitrogens with zero attached hydrogens (tertiary/aromatic N) is 3. The van der Waals surface area contributed by atoms with Crippen molar-refractivity contribution in [2.45, 2.75) is 4.90 Å². The van der Waals surface area contributed by atoms with Gasteiger partial charge in [-0.3, -0.25) is 19.1 Å². The number of hydrogen-bond acceptors (Lipinski definition) is 7. The second kappa shape index (κ2) is 8.69. The zero-order chi connectivity index (χ0) is 24.6. The molecule has 0 saturated heterocycles. The molecule has 9 nitrogen and oxygen atoms in total. The molecule has 0 fully saturated rings. The summed E-state index contributed by atoms with van der Waals surface area (Å²) in [7, 11) is -2.55. The molecule has 0 amide bonds. The van der Waals surface area contributed by atoms with E-state index in [-0.39, 0.29) is 27.7 Å². The number of methoxy groups -OCH3 is 1. The minimum Gasteiger partial charge on any atom is -0.495 e. The molecule has 0 aliphatic rings. The Morgan fingerprint density at radius 3 is 2.66 bits per heavy atom. The lowest BCUT2D eigenvalue weighted by molar-refractivity contribution is 0.412. The number of rotatable bonds is 6. The van der Waals surface area contributed by atoms with Crippen molar-refractivity contribution in [3.8, 4) is 22.6 Å². The van der Waals surface area contributed by atoms with E-state index in [0.717, 1.165) is 0 Å². The highest BCUT2D eigenvalue weighted by atomic mass is 32.2. The topological polar surface area (TPSA) is 116 Å². The maximum absolute atomic E-state index is 15.2. The molecule has 1 N–H and O–H groups in total. The van der Waals surface area contributed by atoms with E-state index in [9.17, 15) is 13.2 Å². The van der Waals surface area contributed by atoms with Gasteiger partial charge in [0.25, 0.3) is 15.6 Å². The van der Waals surface area contributed by atoms with Crippen LogP contribution in [0.2, 0.25) is 0 Å². The lowest BCUT2D eigenvalue weighted by Crippen LogP contribution is -2.19. The fourth-order valence-electron chi connectivity index (χ4n) is 3.73. The number of ether oxygens (including phenoxy) is 1. The van der Waals surface area contributed by atoms with Gasteiger partial charge in [0, 0.05) is 47.1 Å². The Morgan fingerprint density at radius 1 is 1.09 bits per heavy atom. The summed E-state index contributed by atoms with van der Waals surface area (Å²) in [6.07, 6.45) is 4.35. The molecular formula is C24H17FN4O5S. The Hall–Kier alpha value is -4.51. The molecule has 2 aromatic carbocycles. The van der Waals surface area contributed by atoms with Gasteiger partial charge in [0.1, 0.15) is 17.8 Å². The van der Waals surface area contributed by atoms with Crippen molar-refractivity contribution < 1.29 is 22.1 Å². The smallest absolute Gasteiger partial charge is 0.263 e. The molecule has 3 heterocycles. The number of benzene rings is 2. The predicted molar refractivity (Wildman–Crippen MR) is 127 cm³/mol. The predicted octanol–water partition coefficient (Wildman–Crippen LogP) is 3.99. The van der Waals surface area contributed by atoms with Gasteiger partial charge in [-0.05, 0) is 36.4 Å². The normalized spacial score (nSPS) is 11.5. The monoisotopic (exact) mass is 492 g/mol. The first kappa shape index (κ1) is 22.3. The molecule has 0 atom stereocenters. The zero-order valence-corrected chi connectivity index (χ0v) is 19.0. The molecule has 0 bridgehead atoms. The van der Waals surface area contributed by atoms with Gasteiger partial charge in [0.2, 0.25) is 0 Å². The molecule has 0 saturated carbocycles. The van der Waals surface area contributed by atoms with Crippen molar-refractivity contribution in [2.75, 3.05) is 11.8 Å². The van der Waals surface area contributed by atoms with Crippen LogP contribution in [-0.2, 0) is 10.0 Å². The van der Waals surface area contributed by atoms with E-state index < -0.39 is 21.4 Å². The molecular weight excluding hydrogens is 475 g/mol. The summed E-state index contributed by atoms with van der Waals surface area (Å²) in [5.41, 5.74) is 0.906. The van der Waals surface area contributed by atoms with Gasteiger partial charge >= 0.3 is 0 Å². The molecule has 3 aromatic heterocycles. The maximum Gasteiger partial charge on any atom is 0.263 e. The van der Waals surface area contributed by atoms with Gasteiger partial charge in [-0.1, -0.05) is 11.2 Å². The van der Waals surface area contributed by atoms with E-state index in [4.69, 9.17) is 4.74 Å². The Kier molecular flexibility index (Phi) is 5.53. The lowest BCUT2D eigenvalue weighted by atomic mass is 10.1. The molecule has 35 heavy (non-hydrogen) atoms. The van der Waals surface area contributed by atoms with Crippen molar-refractivity contribution >= 4 is 26.7 Å². The quantitative estimate of drug-likeness (QED) is 0.381. The van der Waals surface area contributed by atoms with E-state index in [2.05, 4.69) is 19.4 Å². The van der Waals surface area contributed by atoms with Crippen LogP contribution in [0.4, 0.5) is 10.2 Å². The molecule has 0 aliphatic carbocycles. The van der Waals surface area contributed by atoms with Crippen LogP contribution >= 0.6 is 0 Å². The van der Waals surface area contributed by atoms with E-state index in [0.29, 0.717) is 16.5 Å². The van der Waals surface area contributed by atoms with Gasteiger partial charge < -0.3 is 9.26 Å². The molecule has 0 spiro atoms. The van der Waals surface area contributed by atoms with Crippen LogP contribution in [0.3, 0.4) is 0 Å². The number of fused-ring (bicyclic) bond motifs is 1. The number of aromatic nitrogens is 3. The Balaban J connectivity index is 1.65. The van der Waals surface area contributed by atoms with Gasteiger partial charge in [-0.15, -0.1) is 0 Å². The van der Waals surface area contributed by atoms with E-state index in [1.807, 2.05) is 0 Å². The van der Waals surface area contributed by atoms with Crippen LogP contribution in [0.5, 0.6) is 5.75 Å². The Bertz CT molecular complexity index is 1700. The van der Waals surface area contributed by atoms with Crippen LogP contribution in [-0.4, -0.2) is 30.2 Å². The highest BCUT2D eigenvalue weighted by Crippen LogP contribution is 2.33. The van der Waals surface area contributed by atoms with E-state index >= 15 is 4.39 Å². The van der Waals surface area contributed by atoms with Crippen LogP contribution in [0.25, 0.3) is 27.7 Å². The van der Waals surface area contributed by atoms with Crippen molar-refractivity contribution in [3.63, 3.8) is 0 Å². The van der Waals surface area contributed by atoms with E-state index in [1.54, 1.807) is 18.3 Å². The SMILES string of the molecule is COc1cc(-c2cccnc2)c(F)cc1-n1c(=O)ccc2cc(S(=O)(=O)Nc3ccon3)ccc21. The van der Waals surface area contributed by atoms with Gasteiger partial charge in [0.05, 0.1) is 23.2 Å². The fourth-order valence-corrected chi connectivity index (χ4v) is 4.75. The van der Waals surface area contributed by atoms with Crippen molar-refractivity contribution in [1.82, 2.24) is 14.7 Å². The standard InChI is InChI=1S/C24H17FN4O5S/c1-33-22-12-18(16-3-2-9-26-14-16)19(25)13-21(22)29-20-6-5-17(11-15(20)4-7-24(29)30)35(31,32)28-23-8-10-34-27-23/h2-14H,1H3,(H,27,28). The molecule has 0 aliphatic heterocycles. The fraction of sp³-hybridized carbons (Fsp3) is 0.0417. The highest BCUT2D eigenvalue weighted by molar-refractivity contribution is 7.92.